The van der Waals surface area contributed by atoms with Crippen LogP contribution >= 0.6 is 47.8 Å². The van der Waals surface area contributed by atoms with Crippen molar-refractivity contribution < 1.29 is 5.11 Å². The Kier molecular flexibility index (Phi) is 4.94. The van der Waals surface area contributed by atoms with Gasteiger partial charge in [-0.2, -0.15) is 0 Å². The Bertz CT molecular complexity index is 276. The number of hydrogen-bond donors (Lipinski definition) is 0. The Morgan fingerprint density at radius 3 is 2.08 bits per heavy atom. The minimum Gasteiger partial charge on any atom is -0.237 e. The molecule has 0 aliphatic rings. The van der Waals surface area contributed by atoms with Crippen molar-refractivity contribution >= 4 is 47.8 Å². The molecule has 4 heteroatoms. The van der Waals surface area contributed by atoms with Crippen LogP contribution in [0.1, 0.15) is 12.0 Å². The molecule has 1 aromatic rings. The van der Waals surface area contributed by atoms with Crippen LogP contribution < -0.4 is 0 Å². The fourth-order valence-electron chi connectivity index (χ4n) is 1.06. The molecule has 13 heavy (non-hydrogen) atoms. The summed E-state index contributed by atoms with van der Waals surface area (Å²) in [5.41, 5.74) is 1.17. The fourth-order valence-corrected chi connectivity index (χ4v) is 3.72. The summed E-state index contributed by atoms with van der Waals surface area (Å²) in [7, 11) is 0. The highest BCUT2D eigenvalue weighted by molar-refractivity contribution is 9.11. The van der Waals surface area contributed by atoms with Crippen molar-refractivity contribution in [2.75, 3.05) is 6.61 Å². The summed E-state index contributed by atoms with van der Waals surface area (Å²) in [4.78, 5) is 0. The third kappa shape index (κ3) is 3.35. The molecule has 1 radical (unpaired) electrons. The maximum atomic E-state index is 10.4. The fraction of sp³-hybridized carbons (Fsp3) is 0.333. The largest absolute Gasteiger partial charge is 0.237 e. The Morgan fingerprint density at radius 1 is 1.08 bits per heavy atom. The van der Waals surface area contributed by atoms with Gasteiger partial charge in [0.2, 0.25) is 0 Å². The molecule has 0 bridgehead atoms. The van der Waals surface area contributed by atoms with E-state index in [2.05, 4.69) is 47.8 Å². The van der Waals surface area contributed by atoms with E-state index in [0.29, 0.717) is 6.42 Å². The molecule has 0 amide bonds. The molecule has 0 heterocycles. The van der Waals surface area contributed by atoms with Crippen LogP contribution in [0.4, 0.5) is 0 Å². The van der Waals surface area contributed by atoms with Gasteiger partial charge < -0.3 is 0 Å². The normalized spacial score (nSPS) is 10.5. The maximum Gasteiger partial charge on any atom is 0.0825 e. The van der Waals surface area contributed by atoms with Crippen molar-refractivity contribution in [3.8, 4) is 0 Å². The highest BCUT2D eigenvalue weighted by Crippen LogP contribution is 2.30. The number of benzene rings is 1. The molecule has 1 aromatic carbocycles. The summed E-state index contributed by atoms with van der Waals surface area (Å²) in [6, 6.07) is 3.98. The predicted molar refractivity (Wildman–Crippen MR) is 63.4 cm³/mol. The average Bonchev–Trinajstić information content (AvgIpc) is 2.02. The first-order chi connectivity index (χ1) is 6.15. The van der Waals surface area contributed by atoms with E-state index < -0.39 is 0 Å². The van der Waals surface area contributed by atoms with Gasteiger partial charge in [-0.25, -0.2) is 5.11 Å². The molecule has 0 saturated carbocycles. The zero-order chi connectivity index (χ0) is 9.84. The lowest BCUT2D eigenvalue weighted by Crippen LogP contribution is -1.91. The van der Waals surface area contributed by atoms with Crippen molar-refractivity contribution in [1.29, 1.82) is 0 Å². The first kappa shape index (κ1) is 11.7. The lowest BCUT2D eigenvalue weighted by atomic mass is 10.1. The molecule has 0 N–H and O–H groups in total. The van der Waals surface area contributed by atoms with Crippen LogP contribution in [0.3, 0.4) is 0 Å². The highest BCUT2D eigenvalue weighted by Gasteiger charge is 2.05. The lowest BCUT2D eigenvalue weighted by molar-refractivity contribution is 0.189. The number of rotatable bonds is 3. The Balaban J connectivity index is 2.92. The summed E-state index contributed by atoms with van der Waals surface area (Å²) < 4.78 is 3.11. The molecule has 1 rings (SSSR count). The molecule has 0 fully saturated rings. The second kappa shape index (κ2) is 5.49. The topological polar surface area (TPSA) is 19.9 Å². The van der Waals surface area contributed by atoms with Crippen LogP contribution in [0.5, 0.6) is 0 Å². The Labute approximate surface area is 103 Å². The van der Waals surface area contributed by atoms with Crippen LogP contribution in [-0.4, -0.2) is 6.61 Å². The van der Waals surface area contributed by atoms with Crippen LogP contribution in [0.15, 0.2) is 25.6 Å². The molecular formula is C9H8Br3O. The van der Waals surface area contributed by atoms with Gasteiger partial charge in [-0.1, -0.05) is 47.8 Å². The molecule has 0 atom stereocenters. The van der Waals surface area contributed by atoms with Gasteiger partial charge in [-0.15, -0.1) is 0 Å². The van der Waals surface area contributed by atoms with E-state index in [0.717, 1.165) is 19.8 Å². The van der Waals surface area contributed by atoms with Gasteiger partial charge in [0, 0.05) is 13.4 Å². The third-order valence-electron chi connectivity index (χ3n) is 1.68. The summed E-state index contributed by atoms with van der Waals surface area (Å²) >= 11 is 10.3. The van der Waals surface area contributed by atoms with E-state index in [-0.39, 0.29) is 6.61 Å². The van der Waals surface area contributed by atoms with Crippen molar-refractivity contribution in [3.05, 3.63) is 31.1 Å². The summed E-state index contributed by atoms with van der Waals surface area (Å²) in [5.74, 6) is 0. The molecule has 0 unspecified atom stereocenters. The van der Waals surface area contributed by atoms with Crippen LogP contribution in [-0.2, 0) is 11.5 Å². The van der Waals surface area contributed by atoms with Gasteiger partial charge in [0.25, 0.3) is 0 Å². The van der Waals surface area contributed by atoms with E-state index >= 15 is 0 Å². The zero-order valence-electron chi connectivity index (χ0n) is 6.82. The highest BCUT2D eigenvalue weighted by atomic mass is 79.9. The van der Waals surface area contributed by atoms with Gasteiger partial charge in [-0.3, -0.25) is 0 Å². The van der Waals surface area contributed by atoms with Gasteiger partial charge in [-0.05, 0) is 30.5 Å². The SMILES string of the molecule is [O]CCCc1c(Br)cc(Br)cc1Br. The van der Waals surface area contributed by atoms with Crippen LogP contribution in [0, 0.1) is 0 Å². The van der Waals surface area contributed by atoms with Gasteiger partial charge >= 0.3 is 0 Å². The van der Waals surface area contributed by atoms with E-state index in [4.69, 9.17) is 0 Å². The third-order valence-corrected chi connectivity index (χ3v) is 3.55. The molecule has 0 aliphatic carbocycles. The van der Waals surface area contributed by atoms with Gasteiger partial charge in [0.15, 0.2) is 0 Å². The van der Waals surface area contributed by atoms with Crippen LogP contribution in [0.2, 0.25) is 0 Å². The predicted octanol–water partition coefficient (Wildman–Crippen LogP) is 4.34. The Hall–Kier alpha value is 0.620. The molecule has 0 saturated heterocycles. The van der Waals surface area contributed by atoms with E-state index in [9.17, 15) is 5.11 Å². The molecule has 0 aromatic heterocycles. The lowest BCUT2D eigenvalue weighted by Gasteiger charge is -2.06. The van der Waals surface area contributed by atoms with E-state index in [1.807, 2.05) is 12.1 Å². The summed E-state index contributed by atoms with van der Waals surface area (Å²) in [6.07, 6.45) is 1.50. The van der Waals surface area contributed by atoms with Crippen molar-refractivity contribution in [2.24, 2.45) is 0 Å². The van der Waals surface area contributed by atoms with Crippen molar-refractivity contribution in [2.45, 2.75) is 12.8 Å². The number of hydrogen-bond acceptors (Lipinski definition) is 0. The van der Waals surface area contributed by atoms with Crippen molar-refractivity contribution in [1.82, 2.24) is 0 Å². The summed E-state index contributed by atoms with van der Waals surface area (Å²) in [6.45, 7) is -0.0189. The first-order valence-electron chi connectivity index (χ1n) is 3.86. The second-order valence-corrected chi connectivity index (χ2v) is 5.28. The first-order valence-corrected chi connectivity index (χ1v) is 6.24. The summed E-state index contributed by atoms with van der Waals surface area (Å²) in [5, 5.41) is 10.4. The Morgan fingerprint density at radius 2 is 1.62 bits per heavy atom. The number of halogens is 3. The molecular weight excluding hydrogens is 364 g/mol. The molecule has 71 valence electrons. The molecule has 0 spiro atoms. The molecule has 0 aliphatic heterocycles. The average molecular weight is 372 g/mol. The minimum absolute atomic E-state index is 0.0189. The second-order valence-electron chi connectivity index (χ2n) is 2.66. The van der Waals surface area contributed by atoms with Crippen LogP contribution in [0.25, 0.3) is 0 Å². The van der Waals surface area contributed by atoms with E-state index in [1.54, 1.807) is 0 Å². The quantitative estimate of drug-likeness (QED) is 0.753. The van der Waals surface area contributed by atoms with Gasteiger partial charge in [0.1, 0.15) is 0 Å². The van der Waals surface area contributed by atoms with E-state index in [1.165, 1.54) is 5.56 Å². The zero-order valence-corrected chi connectivity index (χ0v) is 11.6. The molecule has 1 nitrogen and oxygen atoms in total. The minimum atomic E-state index is -0.0189. The van der Waals surface area contributed by atoms with Gasteiger partial charge in [0.05, 0.1) is 6.61 Å². The van der Waals surface area contributed by atoms with Crippen molar-refractivity contribution in [3.63, 3.8) is 0 Å². The standard InChI is InChI=1S/C9H8Br3O/c10-6-4-8(11)7(2-1-3-13)9(12)5-6/h4-5H,1-3H2. The smallest absolute Gasteiger partial charge is 0.0825 e. The monoisotopic (exact) mass is 369 g/mol. The maximum absolute atomic E-state index is 10.4.